The maximum Gasteiger partial charge on any atom is 0.325 e. The maximum atomic E-state index is 12.0. The minimum Gasteiger partial charge on any atom is -0.468 e. The Labute approximate surface area is 129 Å². The molecule has 4 heteroatoms. The van der Waals surface area contributed by atoms with Gasteiger partial charge < -0.3 is 9.47 Å². The Morgan fingerprint density at radius 3 is 2.52 bits per heavy atom. The highest BCUT2D eigenvalue weighted by molar-refractivity contribution is 5.80. The molecule has 0 heterocycles. The van der Waals surface area contributed by atoms with Gasteiger partial charge in [0.2, 0.25) is 0 Å². The maximum absolute atomic E-state index is 12.0. The van der Waals surface area contributed by atoms with Gasteiger partial charge in [0.05, 0.1) is 7.11 Å². The summed E-state index contributed by atoms with van der Waals surface area (Å²) in [6.07, 6.45) is 10.8. The monoisotopic (exact) mass is 297 g/mol. The van der Waals surface area contributed by atoms with Crippen LogP contribution in [0.2, 0.25) is 0 Å². The number of ether oxygens (including phenoxy) is 2. The number of rotatable bonds is 9. The van der Waals surface area contributed by atoms with Crippen molar-refractivity contribution >= 4 is 5.97 Å². The second kappa shape index (κ2) is 8.14. The van der Waals surface area contributed by atoms with Gasteiger partial charge in [-0.25, -0.2) is 0 Å². The predicted molar refractivity (Wildman–Crippen MR) is 83.2 cm³/mol. The van der Waals surface area contributed by atoms with E-state index in [0.29, 0.717) is 6.04 Å². The van der Waals surface area contributed by atoms with Crippen LogP contribution in [0, 0.1) is 5.92 Å². The van der Waals surface area contributed by atoms with Crippen LogP contribution in [0.4, 0.5) is 0 Å². The van der Waals surface area contributed by atoms with E-state index < -0.39 is 5.54 Å². The van der Waals surface area contributed by atoms with Crippen molar-refractivity contribution < 1.29 is 14.3 Å². The highest BCUT2D eigenvalue weighted by Gasteiger charge is 2.38. The van der Waals surface area contributed by atoms with Crippen LogP contribution in [0.5, 0.6) is 0 Å². The van der Waals surface area contributed by atoms with Crippen LogP contribution in [0.1, 0.15) is 64.7 Å². The SMILES string of the molecule is COC(=O)C(C)(CCCOCC1CCCCC1)NC1CC1. The highest BCUT2D eigenvalue weighted by atomic mass is 16.5. The van der Waals surface area contributed by atoms with Crippen molar-refractivity contribution in [1.29, 1.82) is 0 Å². The van der Waals surface area contributed by atoms with Gasteiger partial charge in [0.25, 0.3) is 0 Å². The van der Waals surface area contributed by atoms with Crippen molar-refractivity contribution in [3.8, 4) is 0 Å². The number of carbonyl (C=O) groups excluding carboxylic acids is 1. The quantitative estimate of drug-likeness (QED) is 0.525. The van der Waals surface area contributed by atoms with E-state index in [0.717, 1.165) is 32.0 Å². The number of nitrogens with one attached hydrogen (secondary N) is 1. The zero-order valence-electron chi connectivity index (χ0n) is 13.7. The molecule has 2 aliphatic rings. The molecule has 2 fully saturated rings. The number of carbonyl (C=O) groups is 1. The second-order valence-corrected chi connectivity index (χ2v) is 6.92. The molecule has 0 bridgehead atoms. The minimum absolute atomic E-state index is 0.151. The van der Waals surface area contributed by atoms with E-state index in [9.17, 15) is 4.79 Å². The van der Waals surface area contributed by atoms with Gasteiger partial charge in [0.15, 0.2) is 0 Å². The third-order valence-corrected chi connectivity index (χ3v) is 4.78. The zero-order chi connectivity index (χ0) is 15.1. The van der Waals surface area contributed by atoms with Gasteiger partial charge >= 0.3 is 5.97 Å². The van der Waals surface area contributed by atoms with E-state index in [1.54, 1.807) is 0 Å². The lowest BCUT2D eigenvalue weighted by atomic mass is 9.90. The van der Waals surface area contributed by atoms with Crippen molar-refractivity contribution in [2.45, 2.75) is 76.3 Å². The van der Waals surface area contributed by atoms with E-state index in [2.05, 4.69) is 5.32 Å². The van der Waals surface area contributed by atoms with Crippen molar-refractivity contribution in [3.05, 3.63) is 0 Å². The lowest BCUT2D eigenvalue weighted by Gasteiger charge is -2.28. The van der Waals surface area contributed by atoms with Crippen LogP contribution >= 0.6 is 0 Å². The van der Waals surface area contributed by atoms with Crippen LogP contribution < -0.4 is 5.32 Å². The van der Waals surface area contributed by atoms with Gasteiger partial charge in [0, 0.05) is 19.3 Å². The molecule has 0 aliphatic heterocycles. The molecule has 0 aromatic carbocycles. The summed E-state index contributed by atoms with van der Waals surface area (Å²) in [7, 11) is 1.47. The van der Waals surface area contributed by atoms with E-state index in [-0.39, 0.29) is 5.97 Å². The molecular weight excluding hydrogens is 266 g/mol. The summed E-state index contributed by atoms with van der Waals surface area (Å²) in [6, 6.07) is 0.497. The van der Waals surface area contributed by atoms with E-state index in [1.807, 2.05) is 6.92 Å². The van der Waals surface area contributed by atoms with Gasteiger partial charge in [-0.05, 0) is 51.4 Å². The van der Waals surface area contributed by atoms with Crippen LogP contribution in [-0.4, -0.2) is 37.9 Å². The average Bonchev–Trinajstić information content (AvgIpc) is 3.31. The van der Waals surface area contributed by atoms with Gasteiger partial charge in [-0.3, -0.25) is 10.1 Å². The first-order valence-electron chi connectivity index (χ1n) is 8.58. The highest BCUT2D eigenvalue weighted by Crippen LogP contribution is 2.26. The molecule has 0 aromatic rings. The zero-order valence-corrected chi connectivity index (χ0v) is 13.7. The van der Waals surface area contributed by atoms with Crippen molar-refractivity contribution in [2.75, 3.05) is 20.3 Å². The Hall–Kier alpha value is -0.610. The summed E-state index contributed by atoms with van der Waals surface area (Å²) in [5.74, 6) is 0.608. The van der Waals surface area contributed by atoms with Crippen LogP contribution in [-0.2, 0) is 14.3 Å². The largest absolute Gasteiger partial charge is 0.468 e. The molecule has 2 aliphatic carbocycles. The number of hydrogen-bond acceptors (Lipinski definition) is 4. The molecule has 122 valence electrons. The van der Waals surface area contributed by atoms with Gasteiger partial charge in [0.1, 0.15) is 5.54 Å². The lowest BCUT2D eigenvalue weighted by Crippen LogP contribution is -2.51. The summed E-state index contributed by atoms with van der Waals surface area (Å²) in [5, 5.41) is 3.43. The second-order valence-electron chi connectivity index (χ2n) is 6.92. The summed E-state index contributed by atoms with van der Waals surface area (Å²) < 4.78 is 10.8. The minimum atomic E-state index is -0.551. The standard InChI is InChI=1S/C17H31NO3/c1-17(16(19)20-2,18-15-9-10-15)11-6-12-21-13-14-7-4-3-5-8-14/h14-15,18H,3-13H2,1-2H3. The molecule has 1 N–H and O–H groups in total. The Kier molecular flexibility index (Phi) is 6.49. The number of hydrogen-bond donors (Lipinski definition) is 1. The molecule has 2 rings (SSSR count). The first-order valence-corrected chi connectivity index (χ1v) is 8.58. The van der Waals surface area contributed by atoms with Crippen molar-refractivity contribution in [3.63, 3.8) is 0 Å². The fourth-order valence-corrected chi connectivity index (χ4v) is 3.27. The molecule has 1 atom stereocenters. The first-order chi connectivity index (χ1) is 10.1. The molecule has 4 nitrogen and oxygen atoms in total. The third-order valence-electron chi connectivity index (χ3n) is 4.78. The first kappa shape index (κ1) is 16.8. The van der Waals surface area contributed by atoms with Gasteiger partial charge in [-0.15, -0.1) is 0 Å². The van der Waals surface area contributed by atoms with E-state index in [1.165, 1.54) is 52.1 Å². The van der Waals surface area contributed by atoms with E-state index >= 15 is 0 Å². The number of esters is 1. The molecule has 0 spiro atoms. The van der Waals surface area contributed by atoms with E-state index in [4.69, 9.17) is 9.47 Å². The normalized spacial score (nSPS) is 22.8. The molecule has 0 aromatic heterocycles. The smallest absolute Gasteiger partial charge is 0.325 e. The Balaban J connectivity index is 1.63. The van der Waals surface area contributed by atoms with Gasteiger partial charge in [-0.2, -0.15) is 0 Å². The molecule has 2 saturated carbocycles. The molecule has 1 unspecified atom stereocenters. The third kappa shape index (κ3) is 5.59. The van der Waals surface area contributed by atoms with Crippen LogP contribution in [0.15, 0.2) is 0 Å². The topological polar surface area (TPSA) is 47.6 Å². The van der Waals surface area contributed by atoms with Crippen molar-refractivity contribution in [2.24, 2.45) is 5.92 Å². The lowest BCUT2D eigenvalue weighted by molar-refractivity contribution is -0.148. The van der Waals surface area contributed by atoms with Crippen LogP contribution in [0.3, 0.4) is 0 Å². The molecule has 0 amide bonds. The molecular formula is C17H31NO3. The summed E-state index contributed by atoms with van der Waals surface area (Å²) in [5.41, 5.74) is -0.551. The van der Waals surface area contributed by atoms with Crippen LogP contribution in [0.25, 0.3) is 0 Å². The molecule has 21 heavy (non-hydrogen) atoms. The average molecular weight is 297 g/mol. The van der Waals surface area contributed by atoms with Gasteiger partial charge in [-0.1, -0.05) is 19.3 Å². The predicted octanol–water partition coefficient (Wildman–Crippen LogP) is 3.05. The molecule has 0 radical (unpaired) electrons. The molecule has 0 saturated heterocycles. The summed E-state index contributed by atoms with van der Waals surface area (Å²) in [6.45, 7) is 3.60. The van der Waals surface area contributed by atoms with Crippen molar-refractivity contribution in [1.82, 2.24) is 5.32 Å². The Morgan fingerprint density at radius 1 is 1.19 bits per heavy atom. The fourth-order valence-electron chi connectivity index (χ4n) is 3.27. The Bertz CT molecular complexity index is 324. The Morgan fingerprint density at radius 2 is 1.90 bits per heavy atom. The number of methoxy groups -OCH3 is 1. The fraction of sp³-hybridized carbons (Fsp3) is 0.941. The summed E-state index contributed by atoms with van der Waals surface area (Å²) >= 11 is 0. The summed E-state index contributed by atoms with van der Waals surface area (Å²) in [4.78, 5) is 12.0.